The Bertz CT molecular complexity index is 161. The molecule has 0 radical (unpaired) electrons. The van der Waals surface area contributed by atoms with Gasteiger partial charge < -0.3 is 5.32 Å². The van der Waals surface area contributed by atoms with Crippen molar-refractivity contribution in [2.24, 2.45) is 0 Å². The zero-order valence-electron chi connectivity index (χ0n) is 6.46. The maximum atomic E-state index is 10.1. The molecule has 2 amide bonds. The van der Waals surface area contributed by atoms with Gasteiger partial charge in [0, 0.05) is 18.2 Å². The molecule has 68 valence electrons. The van der Waals surface area contributed by atoms with Gasteiger partial charge in [0.1, 0.15) is 0 Å². The molecule has 0 unspecified atom stereocenters. The molecule has 2 heterocycles. The summed E-state index contributed by atoms with van der Waals surface area (Å²) in [5, 5.41) is 5.06. The minimum Gasteiger partial charge on any atom is -0.307 e. The number of hydrogen-bond donors (Lipinski definition) is 2. The Morgan fingerprint density at radius 1 is 1.33 bits per heavy atom. The molecule has 2 fully saturated rings. The van der Waals surface area contributed by atoms with Gasteiger partial charge in [-0.1, -0.05) is 11.8 Å². The smallest absolute Gasteiger partial charge is 0.286 e. The molecule has 2 aliphatic rings. The number of amides is 2. The summed E-state index contributed by atoms with van der Waals surface area (Å²) in [4.78, 5) is 20.2. The van der Waals surface area contributed by atoms with Crippen LogP contribution >= 0.6 is 23.5 Å². The Morgan fingerprint density at radius 3 is 2.33 bits per heavy atom. The van der Waals surface area contributed by atoms with E-state index in [9.17, 15) is 9.59 Å². The second kappa shape index (κ2) is 5.45. The molecule has 0 aromatic rings. The molecule has 2 saturated heterocycles. The van der Waals surface area contributed by atoms with Crippen LogP contribution in [0.1, 0.15) is 0 Å². The average Bonchev–Trinajstić information content (AvgIpc) is 2.63. The fourth-order valence-corrected chi connectivity index (χ4v) is 1.92. The normalized spacial score (nSPS) is 21.7. The van der Waals surface area contributed by atoms with E-state index in [1.54, 1.807) is 0 Å². The molecule has 2 aliphatic heterocycles. The Labute approximate surface area is 79.2 Å². The summed E-state index contributed by atoms with van der Waals surface area (Å²) in [7, 11) is 0. The van der Waals surface area contributed by atoms with E-state index in [1.807, 2.05) is 11.8 Å². The lowest BCUT2D eigenvalue weighted by Crippen LogP contribution is -2.18. The third kappa shape index (κ3) is 3.99. The SMILES string of the molecule is C1CSCN1.O=C1CSC(=O)N1. The molecule has 0 aromatic carbocycles. The zero-order valence-corrected chi connectivity index (χ0v) is 8.09. The van der Waals surface area contributed by atoms with E-state index in [0.29, 0.717) is 5.75 Å². The first kappa shape index (κ1) is 9.88. The van der Waals surface area contributed by atoms with Crippen molar-refractivity contribution in [1.29, 1.82) is 0 Å². The van der Waals surface area contributed by atoms with Crippen molar-refractivity contribution >= 4 is 34.7 Å². The van der Waals surface area contributed by atoms with Gasteiger partial charge in [0.05, 0.1) is 5.75 Å². The van der Waals surface area contributed by atoms with Crippen LogP contribution in [0, 0.1) is 0 Å². The van der Waals surface area contributed by atoms with Gasteiger partial charge in [-0.2, -0.15) is 0 Å². The topological polar surface area (TPSA) is 58.2 Å². The van der Waals surface area contributed by atoms with Crippen LogP contribution in [0.15, 0.2) is 0 Å². The molecule has 6 heteroatoms. The molecular formula is C6H10N2O2S2. The lowest BCUT2D eigenvalue weighted by Gasteiger charge is -1.77. The van der Waals surface area contributed by atoms with Crippen LogP contribution in [-0.2, 0) is 4.79 Å². The molecule has 2 N–H and O–H groups in total. The Morgan fingerprint density at radius 2 is 2.17 bits per heavy atom. The quantitative estimate of drug-likeness (QED) is 0.595. The van der Waals surface area contributed by atoms with E-state index < -0.39 is 0 Å². The van der Waals surface area contributed by atoms with Gasteiger partial charge in [0.15, 0.2) is 0 Å². The number of imide groups is 1. The molecule has 0 aliphatic carbocycles. The number of thioether (sulfide) groups is 2. The lowest BCUT2D eigenvalue weighted by atomic mass is 10.7. The van der Waals surface area contributed by atoms with Crippen molar-refractivity contribution in [2.45, 2.75) is 0 Å². The van der Waals surface area contributed by atoms with Crippen LogP contribution in [0.2, 0.25) is 0 Å². The monoisotopic (exact) mass is 206 g/mol. The summed E-state index contributed by atoms with van der Waals surface area (Å²) < 4.78 is 0. The van der Waals surface area contributed by atoms with E-state index in [4.69, 9.17) is 0 Å². The third-order valence-electron chi connectivity index (χ3n) is 1.20. The molecule has 0 atom stereocenters. The van der Waals surface area contributed by atoms with Gasteiger partial charge in [-0.3, -0.25) is 14.9 Å². The Balaban J connectivity index is 0.000000127. The number of carbonyl (C=O) groups excluding carboxylic acids is 2. The highest BCUT2D eigenvalue weighted by atomic mass is 32.2. The predicted molar refractivity (Wildman–Crippen MR) is 51.3 cm³/mol. The fourth-order valence-electron chi connectivity index (χ4n) is 0.678. The first-order valence-corrected chi connectivity index (χ1v) is 5.68. The van der Waals surface area contributed by atoms with Crippen LogP contribution in [0.3, 0.4) is 0 Å². The van der Waals surface area contributed by atoms with Gasteiger partial charge >= 0.3 is 0 Å². The maximum Gasteiger partial charge on any atom is 0.286 e. The molecule has 12 heavy (non-hydrogen) atoms. The summed E-state index contributed by atoms with van der Waals surface area (Å²) in [6.45, 7) is 1.21. The standard InChI is InChI=1S/C3H3NO2S.C3H7NS/c5-2-1-7-3(6)4-2;1-2-5-3-4-1/h1H2,(H,4,5,6);4H,1-3H2. The van der Waals surface area contributed by atoms with Gasteiger partial charge in [-0.05, 0) is 0 Å². The first-order chi connectivity index (χ1) is 5.79. The van der Waals surface area contributed by atoms with E-state index in [0.717, 1.165) is 11.8 Å². The van der Waals surface area contributed by atoms with Crippen molar-refractivity contribution in [3.63, 3.8) is 0 Å². The van der Waals surface area contributed by atoms with E-state index in [2.05, 4.69) is 10.6 Å². The summed E-state index contributed by atoms with van der Waals surface area (Å²) in [6, 6.07) is 0. The average molecular weight is 206 g/mol. The largest absolute Gasteiger partial charge is 0.307 e. The van der Waals surface area contributed by atoms with Crippen molar-refractivity contribution < 1.29 is 9.59 Å². The minimum atomic E-state index is -0.231. The van der Waals surface area contributed by atoms with E-state index in [-0.39, 0.29) is 11.1 Å². The minimum absolute atomic E-state index is 0.185. The summed E-state index contributed by atoms with van der Waals surface area (Å²) in [5.41, 5.74) is 0. The van der Waals surface area contributed by atoms with Gasteiger partial charge in [0.2, 0.25) is 5.91 Å². The second-order valence-electron chi connectivity index (χ2n) is 2.18. The van der Waals surface area contributed by atoms with Crippen LogP contribution in [0.5, 0.6) is 0 Å². The Kier molecular flexibility index (Phi) is 4.49. The molecule has 4 nitrogen and oxygen atoms in total. The summed E-state index contributed by atoms with van der Waals surface area (Å²) >= 11 is 2.97. The molecule has 0 aromatic heterocycles. The molecule has 0 spiro atoms. The van der Waals surface area contributed by atoms with Gasteiger partial charge in [0.25, 0.3) is 5.24 Å². The van der Waals surface area contributed by atoms with Gasteiger partial charge in [-0.25, -0.2) is 0 Å². The van der Waals surface area contributed by atoms with Crippen LogP contribution in [0.4, 0.5) is 4.79 Å². The molecular weight excluding hydrogens is 196 g/mol. The first-order valence-electron chi connectivity index (χ1n) is 3.54. The summed E-state index contributed by atoms with van der Waals surface area (Å²) in [5.74, 6) is 2.58. The van der Waals surface area contributed by atoms with Crippen LogP contribution in [-0.4, -0.2) is 35.1 Å². The van der Waals surface area contributed by atoms with Crippen molar-refractivity contribution in [3.8, 4) is 0 Å². The number of rotatable bonds is 0. The van der Waals surface area contributed by atoms with E-state index >= 15 is 0 Å². The summed E-state index contributed by atoms with van der Waals surface area (Å²) in [6.07, 6.45) is 0. The fraction of sp³-hybridized carbons (Fsp3) is 0.667. The highest BCUT2D eigenvalue weighted by Crippen LogP contribution is 2.06. The maximum absolute atomic E-state index is 10.1. The molecule has 0 saturated carbocycles. The predicted octanol–water partition coefficient (Wildman–Crippen LogP) is 0.250. The van der Waals surface area contributed by atoms with Gasteiger partial charge in [-0.15, -0.1) is 11.8 Å². The van der Waals surface area contributed by atoms with E-state index in [1.165, 1.54) is 18.2 Å². The highest BCUT2D eigenvalue weighted by Gasteiger charge is 2.16. The third-order valence-corrected chi connectivity index (χ3v) is 2.87. The van der Waals surface area contributed by atoms with Crippen molar-refractivity contribution in [2.75, 3.05) is 23.9 Å². The van der Waals surface area contributed by atoms with Crippen molar-refractivity contribution in [3.05, 3.63) is 0 Å². The number of carbonyl (C=O) groups is 2. The second-order valence-corrected chi connectivity index (χ2v) is 4.23. The highest BCUT2D eigenvalue weighted by molar-refractivity contribution is 8.14. The Hall–Kier alpha value is -0.200. The number of nitrogens with one attached hydrogen (secondary N) is 2. The lowest BCUT2D eigenvalue weighted by molar-refractivity contribution is -0.117. The van der Waals surface area contributed by atoms with Crippen LogP contribution in [0.25, 0.3) is 0 Å². The van der Waals surface area contributed by atoms with Crippen LogP contribution < -0.4 is 10.6 Å². The number of hydrogen-bond acceptors (Lipinski definition) is 5. The zero-order chi connectivity index (χ0) is 8.81. The molecule has 0 bridgehead atoms. The molecule has 2 rings (SSSR count). The van der Waals surface area contributed by atoms with Crippen molar-refractivity contribution in [1.82, 2.24) is 10.6 Å².